The minimum Gasteiger partial charge on any atom is -0.406 e. The van der Waals surface area contributed by atoms with E-state index in [9.17, 15) is 9.59 Å². The van der Waals surface area contributed by atoms with Crippen molar-refractivity contribution >= 4 is 19.9 Å². The topological polar surface area (TPSA) is 71.1 Å². The number of Topliss-reactive ketones (excluding diaryl/α,β-unsaturated/α-hetero) is 2. The molecule has 2 aliphatic rings. The molecule has 0 radical (unpaired) electrons. The molecule has 0 saturated carbocycles. The maximum absolute atomic E-state index is 13.9. The molecule has 7 heteroatoms. The largest absolute Gasteiger partial charge is 0.406 e. The Labute approximate surface area is 202 Å². The molecule has 2 saturated heterocycles. The van der Waals surface area contributed by atoms with Gasteiger partial charge in [0.25, 0.3) is 0 Å². The molecule has 0 aromatic rings. The molecular formula is C26H48O6Si. The Morgan fingerprint density at radius 3 is 1.91 bits per heavy atom. The molecule has 33 heavy (non-hydrogen) atoms. The molecule has 2 aliphatic heterocycles. The SMILES string of the molecule is CC(C)[Si](C)(C)OC1C(=O)C(=O)C(OC2CCCCO2)C(C)(C)CCCOCCCC1(C)C. The van der Waals surface area contributed by atoms with E-state index in [1.807, 2.05) is 27.7 Å². The van der Waals surface area contributed by atoms with E-state index < -0.39 is 49.2 Å². The van der Waals surface area contributed by atoms with Crippen molar-refractivity contribution in [2.75, 3.05) is 19.8 Å². The third kappa shape index (κ3) is 7.96. The number of carbonyl (C=O) groups excluding carboxylic acids is 2. The third-order valence-electron chi connectivity index (χ3n) is 7.60. The van der Waals surface area contributed by atoms with Crippen molar-refractivity contribution in [1.82, 2.24) is 0 Å². The van der Waals surface area contributed by atoms with Crippen LogP contribution in [0.4, 0.5) is 0 Å². The molecule has 0 aliphatic carbocycles. The Hall–Kier alpha value is -0.603. The highest BCUT2D eigenvalue weighted by Gasteiger charge is 2.48. The molecule has 0 N–H and O–H groups in total. The minimum absolute atomic E-state index is 0.322. The van der Waals surface area contributed by atoms with Gasteiger partial charge in [-0.3, -0.25) is 9.59 Å². The van der Waals surface area contributed by atoms with Gasteiger partial charge in [-0.05, 0) is 74.4 Å². The molecule has 2 heterocycles. The van der Waals surface area contributed by atoms with Crippen LogP contribution in [0.1, 0.15) is 86.5 Å². The van der Waals surface area contributed by atoms with Crippen molar-refractivity contribution in [3.05, 3.63) is 0 Å². The fourth-order valence-corrected chi connectivity index (χ4v) is 5.77. The van der Waals surface area contributed by atoms with Gasteiger partial charge in [0.15, 0.2) is 14.6 Å². The van der Waals surface area contributed by atoms with Gasteiger partial charge in [-0.2, -0.15) is 0 Å². The monoisotopic (exact) mass is 484 g/mol. The van der Waals surface area contributed by atoms with Crippen LogP contribution in [-0.4, -0.2) is 58.2 Å². The van der Waals surface area contributed by atoms with Crippen LogP contribution in [0, 0.1) is 10.8 Å². The first-order valence-electron chi connectivity index (χ1n) is 12.9. The fourth-order valence-electron chi connectivity index (χ4n) is 4.46. The van der Waals surface area contributed by atoms with E-state index in [0.717, 1.165) is 44.9 Å². The average Bonchev–Trinajstić information content (AvgIpc) is 2.74. The van der Waals surface area contributed by atoms with E-state index in [1.54, 1.807) is 0 Å². The van der Waals surface area contributed by atoms with Gasteiger partial charge in [0.1, 0.15) is 12.2 Å². The summed E-state index contributed by atoms with van der Waals surface area (Å²) in [5.41, 5.74) is -0.687. The smallest absolute Gasteiger partial charge is 0.230 e. The lowest BCUT2D eigenvalue weighted by Gasteiger charge is -2.41. The Balaban J connectivity index is 2.42. The average molecular weight is 485 g/mol. The number of hydrogen-bond donors (Lipinski definition) is 0. The van der Waals surface area contributed by atoms with Crippen LogP contribution in [0.15, 0.2) is 0 Å². The number of hydrogen-bond acceptors (Lipinski definition) is 6. The lowest BCUT2D eigenvalue weighted by atomic mass is 9.75. The van der Waals surface area contributed by atoms with Gasteiger partial charge in [0.2, 0.25) is 11.6 Å². The molecule has 0 aromatic carbocycles. The standard InChI is InChI=1S/C26H48O6Si/c1-19(2)33(7,8)32-24-22(28)21(27)23(31-20-13-9-10-18-30-20)25(3,4)14-11-16-29-17-12-15-26(24,5)6/h19-20,23-24H,9-18H2,1-8H3. The van der Waals surface area contributed by atoms with Crippen LogP contribution in [0.3, 0.4) is 0 Å². The molecular weight excluding hydrogens is 436 g/mol. The third-order valence-corrected chi connectivity index (χ3v) is 11.2. The van der Waals surface area contributed by atoms with E-state index >= 15 is 0 Å². The van der Waals surface area contributed by atoms with Gasteiger partial charge in [0.05, 0.1) is 0 Å². The van der Waals surface area contributed by atoms with Gasteiger partial charge < -0.3 is 18.6 Å². The second-order valence-electron chi connectivity index (χ2n) is 12.1. The molecule has 192 valence electrons. The molecule has 0 spiro atoms. The predicted octanol–water partition coefficient (Wildman–Crippen LogP) is 5.68. The Morgan fingerprint density at radius 2 is 1.39 bits per heavy atom. The lowest BCUT2D eigenvalue weighted by Crippen LogP contribution is -2.54. The quantitative estimate of drug-likeness (QED) is 0.369. The number of ketones is 2. The Kier molecular flexibility index (Phi) is 10.3. The summed E-state index contributed by atoms with van der Waals surface area (Å²) in [5, 5.41) is 0. The molecule has 3 unspecified atom stereocenters. The van der Waals surface area contributed by atoms with Crippen LogP contribution in [0.2, 0.25) is 18.6 Å². The van der Waals surface area contributed by atoms with Crippen LogP contribution in [0.5, 0.6) is 0 Å². The molecule has 6 nitrogen and oxygen atoms in total. The highest BCUT2D eigenvalue weighted by molar-refractivity contribution is 6.72. The highest BCUT2D eigenvalue weighted by atomic mass is 28.4. The van der Waals surface area contributed by atoms with Crippen LogP contribution in [-0.2, 0) is 28.2 Å². The van der Waals surface area contributed by atoms with Crippen LogP contribution >= 0.6 is 0 Å². The van der Waals surface area contributed by atoms with Crippen molar-refractivity contribution < 1.29 is 28.2 Å². The molecule has 2 rings (SSSR count). The van der Waals surface area contributed by atoms with Gasteiger partial charge in [-0.15, -0.1) is 0 Å². The Morgan fingerprint density at radius 1 is 0.848 bits per heavy atom. The number of rotatable bonds is 5. The van der Waals surface area contributed by atoms with Gasteiger partial charge in [0, 0.05) is 19.8 Å². The first kappa shape index (κ1) is 28.6. The zero-order valence-electron chi connectivity index (χ0n) is 22.3. The molecule has 0 bridgehead atoms. The van der Waals surface area contributed by atoms with E-state index in [0.29, 0.717) is 25.4 Å². The highest BCUT2D eigenvalue weighted by Crippen LogP contribution is 2.38. The number of ether oxygens (including phenoxy) is 3. The second kappa shape index (κ2) is 11.9. The van der Waals surface area contributed by atoms with Crippen LogP contribution in [0.25, 0.3) is 0 Å². The summed E-state index contributed by atoms with van der Waals surface area (Å²) in [6.07, 6.45) is 3.77. The maximum Gasteiger partial charge on any atom is 0.230 e. The summed E-state index contributed by atoms with van der Waals surface area (Å²) in [5.74, 6) is -0.920. The second-order valence-corrected chi connectivity index (χ2v) is 16.7. The maximum atomic E-state index is 13.9. The summed E-state index contributed by atoms with van der Waals surface area (Å²) >= 11 is 0. The predicted molar refractivity (Wildman–Crippen MR) is 133 cm³/mol. The fraction of sp³-hybridized carbons (Fsp3) is 0.923. The summed E-state index contributed by atoms with van der Waals surface area (Å²) in [7, 11) is -2.20. The van der Waals surface area contributed by atoms with Crippen molar-refractivity contribution in [2.24, 2.45) is 10.8 Å². The zero-order chi connectivity index (χ0) is 24.9. The van der Waals surface area contributed by atoms with E-state index in [4.69, 9.17) is 18.6 Å². The first-order chi connectivity index (χ1) is 15.3. The summed E-state index contributed by atoms with van der Waals surface area (Å²) in [4.78, 5) is 27.8. The van der Waals surface area contributed by atoms with E-state index in [1.165, 1.54) is 0 Å². The van der Waals surface area contributed by atoms with Crippen molar-refractivity contribution in [3.63, 3.8) is 0 Å². The van der Waals surface area contributed by atoms with Gasteiger partial charge >= 0.3 is 0 Å². The molecule has 2 fully saturated rings. The molecule has 3 atom stereocenters. The minimum atomic E-state index is -2.20. The normalized spacial score (nSPS) is 30.4. The van der Waals surface area contributed by atoms with Crippen molar-refractivity contribution in [1.29, 1.82) is 0 Å². The summed E-state index contributed by atoms with van der Waals surface area (Å²) < 4.78 is 24.6. The van der Waals surface area contributed by atoms with E-state index in [-0.39, 0.29) is 0 Å². The molecule has 0 amide bonds. The lowest BCUT2D eigenvalue weighted by molar-refractivity contribution is -0.210. The van der Waals surface area contributed by atoms with Crippen LogP contribution < -0.4 is 0 Å². The summed E-state index contributed by atoms with van der Waals surface area (Å²) in [6, 6.07) is 0. The first-order valence-corrected chi connectivity index (χ1v) is 15.9. The number of carbonyl (C=O) groups is 2. The van der Waals surface area contributed by atoms with Gasteiger partial charge in [-0.1, -0.05) is 41.5 Å². The van der Waals surface area contributed by atoms with Crippen molar-refractivity contribution in [3.8, 4) is 0 Å². The van der Waals surface area contributed by atoms with Gasteiger partial charge in [-0.25, -0.2) is 0 Å². The van der Waals surface area contributed by atoms with Crippen molar-refractivity contribution in [2.45, 2.75) is 124 Å². The molecule has 0 aromatic heterocycles. The Bertz CT molecular complexity index is 651. The zero-order valence-corrected chi connectivity index (χ0v) is 23.3. The summed E-state index contributed by atoms with van der Waals surface area (Å²) in [6.45, 7) is 18.6. The van der Waals surface area contributed by atoms with E-state index in [2.05, 4.69) is 26.9 Å².